The van der Waals surface area contributed by atoms with Crippen LogP contribution in [0.5, 0.6) is 11.5 Å². The largest absolute Gasteiger partial charge is 0.453 e. The molecule has 0 bridgehead atoms. The fraction of sp³-hybridized carbons (Fsp3) is 0. The lowest BCUT2D eigenvalue weighted by Gasteiger charge is -2.32. The average Bonchev–Trinajstić information content (AvgIpc) is 3.34. The first-order valence-electron chi connectivity index (χ1n) is 10.0. The van der Waals surface area contributed by atoms with E-state index in [1.807, 2.05) is 78.9 Å². The topological polar surface area (TPSA) is 51.4 Å². The van der Waals surface area contributed by atoms with Gasteiger partial charge >= 0.3 is 0 Å². The summed E-state index contributed by atoms with van der Waals surface area (Å²) in [6.45, 7) is 0. The molecule has 5 heteroatoms. The van der Waals surface area contributed by atoms with Gasteiger partial charge in [0, 0.05) is 16.8 Å². The van der Waals surface area contributed by atoms with E-state index in [2.05, 4.69) is 39.3 Å². The van der Waals surface area contributed by atoms with Gasteiger partial charge in [-0.2, -0.15) is 4.98 Å². The van der Waals surface area contributed by atoms with Crippen molar-refractivity contribution < 1.29 is 9.26 Å². The maximum absolute atomic E-state index is 6.09. The fourth-order valence-electron chi connectivity index (χ4n) is 3.78. The molecule has 31 heavy (non-hydrogen) atoms. The van der Waals surface area contributed by atoms with Gasteiger partial charge in [-0.25, -0.2) is 0 Å². The van der Waals surface area contributed by atoms with Crippen LogP contribution in [0.4, 0.5) is 17.1 Å². The number of nitrogens with zero attached hydrogens (tertiary/aromatic N) is 3. The molecule has 1 aromatic heterocycles. The van der Waals surface area contributed by atoms with Crippen LogP contribution in [0.2, 0.25) is 0 Å². The first kappa shape index (κ1) is 17.5. The third kappa shape index (κ3) is 3.04. The molecular weight excluding hydrogens is 386 g/mol. The molecule has 2 heterocycles. The third-order valence-corrected chi connectivity index (χ3v) is 5.26. The monoisotopic (exact) mass is 403 g/mol. The van der Waals surface area contributed by atoms with Crippen LogP contribution in [0.1, 0.15) is 0 Å². The molecule has 4 aromatic carbocycles. The van der Waals surface area contributed by atoms with E-state index in [4.69, 9.17) is 9.26 Å². The van der Waals surface area contributed by atoms with Crippen molar-refractivity contribution in [1.82, 2.24) is 10.1 Å². The average molecular weight is 403 g/mol. The highest BCUT2D eigenvalue weighted by atomic mass is 16.5. The second kappa shape index (κ2) is 7.15. The minimum atomic E-state index is 0.510. The Morgan fingerprint density at radius 1 is 0.581 bits per heavy atom. The van der Waals surface area contributed by atoms with Gasteiger partial charge in [0.2, 0.25) is 5.82 Å². The number of benzene rings is 4. The smallest absolute Gasteiger partial charge is 0.258 e. The van der Waals surface area contributed by atoms with Crippen molar-refractivity contribution in [1.29, 1.82) is 0 Å². The lowest BCUT2D eigenvalue weighted by molar-refractivity contribution is 0.432. The standard InChI is InChI=1S/C26H17N3O2/c1-2-8-19(9-3-1)26-27-25(28-31-26)18-14-16-20(17-15-18)29-21-10-4-6-12-23(21)30-24-13-7-5-11-22(24)29/h1-17H. The highest BCUT2D eigenvalue weighted by molar-refractivity contribution is 5.86. The second-order valence-electron chi connectivity index (χ2n) is 7.21. The summed E-state index contributed by atoms with van der Waals surface area (Å²) in [7, 11) is 0. The lowest BCUT2D eigenvalue weighted by Crippen LogP contribution is -2.15. The quantitative estimate of drug-likeness (QED) is 0.319. The highest BCUT2D eigenvalue weighted by Gasteiger charge is 2.25. The van der Waals surface area contributed by atoms with E-state index in [-0.39, 0.29) is 0 Å². The van der Waals surface area contributed by atoms with Crippen LogP contribution in [-0.2, 0) is 0 Å². The molecule has 5 aromatic rings. The van der Waals surface area contributed by atoms with Gasteiger partial charge < -0.3 is 14.2 Å². The first-order valence-corrected chi connectivity index (χ1v) is 10.0. The normalized spacial score (nSPS) is 12.1. The van der Waals surface area contributed by atoms with Crippen LogP contribution in [0.3, 0.4) is 0 Å². The van der Waals surface area contributed by atoms with Gasteiger partial charge in [-0.15, -0.1) is 0 Å². The summed E-state index contributed by atoms with van der Waals surface area (Å²) in [5, 5.41) is 4.16. The Bertz CT molecular complexity index is 1320. The van der Waals surface area contributed by atoms with Crippen molar-refractivity contribution in [2.45, 2.75) is 0 Å². The number of anilines is 3. The van der Waals surface area contributed by atoms with Crippen molar-refractivity contribution in [3.8, 4) is 34.3 Å². The van der Waals surface area contributed by atoms with Crippen LogP contribution in [-0.4, -0.2) is 10.1 Å². The molecule has 0 amide bonds. The van der Waals surface area contributed by atoms with Crippen molar-refractivity contribution >= 4 is 17.1 Å². The Labute approximate surface area is 179 Å². The van der Waals surface area contributed by atoms with Crippen LogP contribution in [0, 0.1) is 0 Å². The molecule has 1 aliphatic rings. The molecule has 0 spiro atoms. The van der Waals surface area contributed by atoms with Crippen molar-refractivity contribution in [2.75, 3.05) is 4.90 Å². The molecule has 0 atom stereocenters. The predicted molar refractivity (Wildman–Crippen MR) is 120 cm³/mol. The van der Waals surface area contributed by atoms with Gasteiger partial charge in [-0.05, 0) is 60.7 Å². The molecule has 0 N–H and O–H groups in total. The highest BCUT2D eigenvalue weighted by Crippen LogP contribution is 2.50. The van der Waals surface area contributed by atoms with Gasteiger partial charge in [0.25, 0.3) is 5.89 Å². The van der Waals surface area contributed by atoms with E-state index in [1.54, 1.807) is 0 Å². The van der Waals surface area contributed by atoms with E-state index in [9.17, 15) is 0 Å². The zero-order valence-electron chi connectivity index (χ0n) is 16.5. The Morgan fingerprint density at radius 3 is 1.87 bits per heavy atom. The maximum Gasteiger partial charge on any atom is 0.258 e. The summed E-state index contributed by atoms with van der Waals surface area (Å²) in [5.41, 5.74) is 4.82. The lowest BCUT2D eigenvalue weighted by atomic mass is 10.1. The summed E-state index contributed by atoms with van der Waals surface area (Å²) in [6.07, 6.45) is 0. The summed E-state index contributed by atoms with van der Waals surface area (Å²) in [6, 6.07) is 34.0. The van der Waals surface area contributed by atoms with E-state index >= 15 is 0 Å². The van der Waals surface area contributed by atoms with Crippen LogP contribution < -0.4 is 9.64 Å². The van der Waals surface area contributed by atoms with Crippen LogP contribution in [0.15, 0.2) is 108 Å². The number of rotatable bonds is 3. The SMILES string of the molecule is c1ccc(-c2nc(-c3ccc(N4c5ccccc5Oc5ccccc54)cc3)no2)cc1. The van der Waals surface area contributed by atoms with Crippen LogP contribution >= 0.6 is 0 Å². The number of hydrogen-bond donors (Lipinski definition) is 0. The molecule has 6 rings (SSSR count). The fourth-order valence-corrected chi connectivity index (χ4v) is 3.78. The first-order chi connectivity index (χ1) is 15.4. The number of hydrogen-bond acceptors (Lipinski definition) is 5. The molecular formula is C26H17N3O2. The van der Waals surface area contributed by atoms with E-state index in [1.165, 1.54) is 0 Å². The van der Waals surface area contributed by atoms with Crippen molar-refractivity contribution in [2.24, 2.45) is 0 Å². The van der Waals surface area contributed by atoms with E-state index in [0.29, 0.717) is 11.7 Å². The zero-order valence-corrected chi connectivity index (χ0v) is 16.5. The summed E-state index contributed by atoms with van der Waals surface area (Å²) in [5.74, 6) is 2.73. The van der Waals surface area contributed by atoms with Gasteiger partial charge in [0.05, 0.1) is 11.4 Å². The van der Waals surface area contributed by atoms with Crippen molar-refractivity contribution in [3.63, 3.8) is 0 Å². The number of aromatic nitrogens is 2. The number of fused-ring (bicyclic) bond motifs is 2. The van der Waals surface area contributed by atoms with Gasteiger partial charge in [0.15, 0.2) is 11.5 Å². The Kier molecular flexibility index (Phi) is 4.03. The molecule has 0 saturated heterocycles. The van der Waals surface area contributed by atoms with Crippen LogP contribution in [0.25, 0.3) is 22.8 Å². The summed E-state index contributed by atoms with van der Waals surface area (Å²) in [4.78, 5) is 6.75. The summed E-state index contributed by atoms with van der Waals surface area (Å²) < 4.78 is 11.5. The Morgan fingerprint density at radius 2 is 1.19 bits per heavy atom. The Balaban J connectivity index is 1.37. The van der Waals surface area contributed by atoms with E-state index < -0.39 is 0 Å². The minimum Gasteiger partial charge on any atom is -0.453 e. The third-order valence-electron chi connectivity index (χ3n) is 5.26. The van der Waals surface area contributed by atoms with Gasteiger partial charge in [0.1, 0.15) is 0 Å². The minimum absolute atomic E-state index is 0.510. The molecule has 0 aliphatic carbocycles. The van der Waals surface area contributed by atoms with Crippen molar-refractivity contribution in [3.05, 3.63) is 103 Å². The van der Waals surface area contributed by atoms with E-state index in [0.717, 1.165) is 39.7 Å². The molecule has 5 nitrogen and oxygen atoms in total. The number of para-hydroxylation sites is 4. The molecule has 0 fully saturated rings. The maximum atomic E-state index is 6.09. The predicted octanol–water partition coefficient (Wildman–Crippen LogP) is 6.98. The summed E-state index contributed by atoms with van der Waals surface area (Å²) >= 11 is 0. The van der Waals surface area contributed by atoms with Gasteiger partial charge in [-0.3, -0.25) is 0 Å². The molecule has 0 saturated carbocycles. The number of ether oxygens (including phenoxy) is 1. The van der Waals surface area contributed by atoms with Gasteiger partial charge in [-0.1, -0.05) is 47.6 Å². The molecule has 1 aliphatic heterocycles. The second-order valence-corrected chi connectivity index (χ2v) is 7.21. The Hall–Kier alpha value is -4.38. The molecule has 148 valence electrons. The zero-order chi connectivity index (χ0) is 20.6. The molecule has 0 radical (unpaired) electrons. The molecule has 0 unspecified atom stereocenters.